The number of esters is 1. The van der Waals surface area contributed by atoms with Crippen molar-refractivity contribution in [3.05, 3.63) is 101 Å². The van der Waals surface area contributed by atoms with Crippen LogP contribution in [0.2, 0.25) is 0 Å². The molecule has 44 heavy (non-hydrogen) atoms. The first-order valence-electron chi connectivity index (χ1n) is 14.3. The summed E-state index contributed by atoms with van der Waals surface area (Å²) in [7, 11) is 1.29. The smallest absolute Gasteiger partial charge is 0.338 e. The summed E-state index contributed by atoms with van der Waals surface area (Å²) in [6.45, 7) is 5.55. The first kappa shape index (κ1) is 29.4. The highest BCUT2D eigenvalue weighted by Gasteiger charge is 2.27. The highest BCUT2D eigenvalue weighted by atomic mass is 19.1. The molecule has 8 nitrogen and oxygen atoms in total. The van der Waals surface area contributed by atoms with Crippen molar-refractivity contribution in [1.82, 2.24) is 14.9 Å². The van der Waals surface area contributed by atoms with Crippen LogP contribution in [0.3, 0.4) is 0 Å². The van der Waals surface area contributed by atoms with Crippen molar-refractivity contribution in [3.8, 4) is 34.0 Å². The van der Waals surface area contributed by atoms with Crippen molar-refractivity contribution in [2.75, 3.05) is 33.4 Å². The molecule has 0 aliphatic carbocycles. The SMILES string of the molecule is COC(=O)c1cc(Oc2nc3c(F)c(-c4ccc(-c5ccc(CN6CC(OCCN)C6)cc5)cc4)c(F)cc3[nH]2)ccc1C. The van der Waals surface area contributed by atoms with Gasteiger partial charge in [0, 0.05) is 32.2 Å². The molecule has 10 heteroatoms. The normalized spacial score (nSPS) is 13.7. The maximum atomic E-state index is 15.7. The molecule has 1 aliphatic heterocycles. The molecule has 0 saturated carbocycles. The number of aryl methyl sites for hydroxylation is 1. The number of nitrogens with one attached hydrogen (secondary N) is 1. The van der Waals surface area contributed by atoms with Gasteiger partial charge in [-0.15, -0.1) is 0 Å². The molecule has 3 N–H and O–H groups in total. The lowest BCUT2D eigenvalue weighted by molar-refractivity contribution is -0.0549. The van der Waals surface area contributed by atoms with Crippen molar-refractivity contribution in [2.24, 2.45) is 5.73 Å². The molecule has 4 aromatic carbocycles. The number of benzene rings is 4. The second-order valence-electron chi connectivity index (χ2n) is 10.8. The quantitative estimate of drug-likeness (QED) is 0.184. The molecule has 0 atom stereocenters. The van der Waals surface area contributed by atoms with E-state index in [1.54, 1.807) is 31.2 Å². The predicted octanol–water partition coefficient (Wildman–Crippen LogP) is 6.22. The van der Waals surface area contributed by atoms with Crippen LogP contribution in [0.5, 0.6) is 11.8 Å². The third-order valence-corrected chi connectivity index (χ3v) is 7.74. The fourth-order valence-corrected chi connectivity index (χ4v) is 5.36. The van der Waals surface area contributed by atoms with Crippen LogP contribution in [0, 0.1) is 18.6 Å². The summed E-state index contributed by atoms with van der Waals surface area (Å²) in [6.07, 6.45) is 0.261. The number of carbonyl (C=O) groups excluding carboxylic acids is 1. The minimum absolute atomic E-state index is 0.0391. The number of methoxy groups -OCH3 is 1. The van der Waals surface area contributed by atoms with E-state index in [0.717, 1.165) is 30.8 Å². The molecular weight excluding hydrogens is 566 g/mol. The third kappa shape index (κ3) is 6.05. The van der Waals surface area contributed by atoms with Crippen molar-refractivity contribution in [3.63, 3.8) is 0 Å². The van der Waals surface area contributed by atoms with E-state index in [9.17, 15) is 4.79 Å². The van der Waals surface area contributed by atoms with Crippen LogP contribution in [0.15, 0.2) is 72.8 Å². The topological polar surface area (TPSA) is 103 Å². The maximum absolute atomic E-state index is 15.7. The number of carbonyl (C=O) groups is 1. The molecule has 0 radical (unpaired) electrons. The van der Waals surface area contributed by atoms with Gasteiger partial charge >= 0.3 is 5.97 Å². The summed E-state index contributed by atoms with van der Waals surface area (Å²) in [5.74, 6) is -1.75. The molecule has 1 saturated heterocycles. The summed E-state index contributed by atoms with van der Waals surface area (Å²) < 4.78 is 47.1. The fraction of sp³-hybridized carbons (Fsp3) is 0.235. The minimum atomic E-state index is -0.802. The molecule has 2 heterocycles. The molecule has 1 fully saturated rings. The lowest BCUT2D eigenvalue weighted by atomic mass is 9.98. The number of aromatic nitrogens is 2. The number of hydrogen-bond acceptors (Lipinski definition) is 7. The van der Waals surface area contributed by atoms with E-state index in [1.807, 2.05) is 24.3 Å². The highest BCUT2D eigenvalue weighted by Crippen LogP contribution is 2.34. The second kappa shape index (κ2) is 12.5. The lowest BCUT2D eigenvalue weighted by Gasteiger charge is -2.38. The number of aromatic amines is 1. The number of halogens is 2. The van der Waals surface area contributed by atoms with Crippen molar-refractivity contribution in [2.45, 2.75) is 19.6 Å². The Morgan fingerprint density at radius 2 is 1.68 bits per heavy atom. The van der Waals surface area contributed by atoms with Crippen LogP contribution in [0.1, 0.15) is 21.5 Å². The van der Waals surface area contributed by atoms with Crippen LogP contribution < -0.4 is 10.5 Å². The van der Waals surface area contributed by atoms with Crippen LogP contribution >= 0.6 is 0 Å². The standard InChI is InChI=1S/C34H32F2N4O4/c1-20-3-12-25(15-27(20)33(41)42-2)44-34-38-29-16-28(35)30(31(36)32(29)39-34)24-10-8-23(9-11-24)22-6-4-21(5-7-22)17-40-18-26(19-40)43-14-13-37/h3-12,15-16,26H,13-14,17-19,37H2,1-2H3,(H,38,39). The molecule has 5 aromatic rings. The number of nitrogens with two attached hydrogens (primary N) is 1. The van der Waals surface area contributed by atoms with E-state index in [1.165, 1.54) is 24.8 Å². The molecule has 0 bridgehead atoms. The summed E-state index contributed by atoms with van der Waals surface area (Å²) in [6, 6.07) is 21.4. The lowest BCUT2D eigenvalue weighted by Crippen LogP contribution is -2.51. The summed E-state index contributed by atoms with van der Waals surface area (Å²) in [5, 5.41) is 0. The van der Waals surface area contributed by atoms with Crippen molar-refractivity contribution < 1.29 is 27.8 Å². The largest absolute Gasteiger partial charge is 0.465 e. The summed E-state index contributed by atoms with van der Waals surface area (Å²) >= 11 is 0. The van der Waals surface area contributed by atoms with Crippen LogP contribution in [-0.2, 0) is 16.0 Å². The zero-order chi connectivity index (χ0) is 30.8. The van der Waals surface area contributed by atoms with E-state index in [4.69, 9.17) is 19.9 Å². The van der Waals surface area contributed by atoms with Gasteiger partial charge in [0.05, 0.1) is 36.5 Å². The van der Waals surface area contributed by atoms with Gasteiger partial charge in [-0.05, 0) is 46.9 Å². The van der Waals surface area contributed by atoms with Gasteiger partial charge in [0.25, 0.3) is 6.01 Å². The summed E-state index contributed by atoms with van der Waals surface area (Å²) in [5.41, 5.74) is 9.97. The van der Waals surface area contributed by atoms with E-state index in [0.29, 0.717) is 35.6 Å². The number of likely N-dealkylation sites (tertiary alicyclic amines) is 1. The average Bonchev–Trinajstić information content (AvgIpc) is 3.42. The Hall–Kier alpha value is -4.64. The van der Waals surface area contributed by atoms with Gasteiger partial charge in [0.1, 0.15) is 17.1 Å². The van der Waals surface area contributed by atoms with Gasteiger partial charge in [-0.1, -0.05) is 54.6 Å². The Morgan fingerprint density at radius 3 is 2.36 bits per heavy atom. The minimum Gasteiger partial charge on any atom is -0.465 e. The van der Waals surface area contributed by atoms with Gasteiger partial charge in [0.2, 0.25) is 0 Å². The highest BCUT2D eigenvalue weighted by molar-refractivity contribution is 5.91. The molecule has 226 valence electrons. The number of nitrogens with zero attached hydrogens (tertiary/aromatic N) is 2. The van der Waals surface area contributed by atoms with Gasteiger partial charge in [-0.3, -0.25) is 4.90 Å². The Bertz CT molecular complexity index is 1800. The third-order valence-electron chi connectivity index (χ3n) is 7.74. The van der Waals surface area contributed by atoms with Gasteiger partial charge in [-0.25, -0.2) is 13.6 Å². The predicted molar refractivity (Wildman–Crippen MR) is 164 cm³/mol. The number of imidazole rings is 1. The molecule has 0 spiro atoms. The Kier molecular flexibility index (Phi) is 8.38. The van der Waals surface area contributed by atoms with Crippen molar-refractivity contribution >= 4 is 17.0 Å². The molecule has 0 amide bonds. The van der Waals surface area contributed by atoms with E-state index >= 15 is 8.78 Å². The number of rotatable bonds is 10. The average molecular weight is 599 g/mol. The Labute approximate surface area is 253 Å². The van der Waals surface area contributed by atoms with Crippen LogP contribution in [0.25, 0.3) is 33.3 Å². The fourth-order valence-electron chi connectivity index (χ4n) is 5.36. The molecule has 0 unspecified atom stereocenters. The van der Waals surface area contributed by atoms with Crippen molar-refractivity contribution in [1.29, 1.82) is 0 Å². The van der Waals surface area contributed by atoms with Gasteiger partial charge in [-0.2, -0.15) is 4.98 Å². The molecule has 6 rings (SSSR count). The zero-order valence-corrected chi connectivity index (χ0v) is 24.4. The molecule has 1 aliphatic rings. The first-order valence-corrected chi connectivity index (χ1v) is 14.3. The number of fused-ring (bicyclic) bond motifs is 1. The Balaban J connectivity index is 1.17. The second-order valence-corrected chi connectivity index (χ2v) is 10.8. The molecular formula is C34H32F2N4O4. The van der Waals surface area contributed by atoms with E-state index in [2.05, 4.69) is 27.0 Å². The molecule has 1 aromatic heterocycles. The first-order chi connectivity index (χ1) is 21.3. The van der Waals surface area contributed by atoms with E-state index < -0.39 is 17.6 Å². The van der Waals surface area contributed by atoms with E-state index in [-0.39, 0.29) is 28.7 Å². The van der Waals surface area contributed by atoms with Crippen LogP contribution in [0.4, 0.5) is 8.78 Å². The zero-order valence-electron chi connectivity index (χ0n) is 24.4. The number of hydrogen-bond donors (Lipinski definition) is 2. The van der Waals surface area contributed by atoms with Gasteiger partial charge < -0.3 is 24.9 Å². The van der Waals surface area contributed by atoms with Gasteiger partial charge in [0.15, 0.2) is 5.82 Å². The Morgan fingerprint density at radius 1 is 1.00 bits per heavy atom. The summed E-state index contributed by atoms with van der Waals surface area (Å²) in [4.78, 5) is 21.4. The number of ether oxygens (including phenoxy) is 3. The monoisotopic (exact) mass is 598 g/mol. The maximum Gasteiger partial charge on any atom is 0.338 e. The van der Waals surface area contributed by atoms with Crippen LogP contribution in [-0.4, -0.2) is 60.3 Å². The number of H-pyrrole nitrogens is 1.